The minimum absolute atomic E-state index is 0. The zero-order chi connectivity index (χ0) is 18.2. The molecular formula is C21H21IrN2O2-. The molecule has 0 amide bonds. The summed E-state index contributed by atoms with van der Waals surface area (Å²) in [6, 6.07) is 20.1. The van der Waals surface area contributed by atoms with Crippen LogP contribution in [0.25, 0.3) is 17.0 Å². The minimum atomic E-state index is -0.119. The van der Waals surface area contributed by atoms with Crippen LogP contribution in [0.5, 0.6) is 0 Å². The summed E-state index contributed by atoms with van der Waals surface area (Å²) in [6.07, 6.45) is 3.71. The van der Waals surface area contributed by atoms with Gasteiger partial charge in [0.15, 0.2) is 5.78 Å². The van der Waals surface area contributed by atoms with Crippen molar-refractivity contribution in [3.05, 3.63) is 84.4 Å². The van der Waals surface area contributed by atoms with Gasteiger partial charge in [0.05, 0.1) is 11.4 Å². The maximum atomic E-state index is 11.2. The van der Waals surface area contributed by atoms with Crippen molar-refractivity contribution < 1.29 is 30.0 Å². The molecule has 0 saturated carbocycles. The molecule has 0 saturated heterocycles. The summed E-state index contributed by atoms with van der Waals surface area (Å²) in [6.45, 7) is 2.96. The standard InChI is InChI=1S/C11H12O2.C10H9N2.Ir/c1-8(12)11(9(2)13)10-6-4-3-5-7-10;1-12-8-7-11-10(12)9-5-3-2-4-6-9;/h3-7,12H,1-2H3;2-5,7-8H,1H3;/q;-1;/b11-8+;;. The molecule has 26 heavy (non-hydrogen) atoms. The van der Waals surface area contributed by atoms with E-state index in [-0.39, 0.29) is 31.6 Å². The van der Waals surface area contributed by atoms with Crippen molar-refractivity contribution in [2.24, 2.45) is 7.05 Å². The van der Waals surface area contributed by atoms with Gasteiger partial charge in [-0.2, -0.15) is 0 Å². The van der Waals surface area contributed by atoms with Gasteiger partial charge in [0.1, 0.15) is 5.76 Å². The van der Waals surface area contributed by atoms with Crippen LogP contribution in [0.1, 0.15) is 19.4 Å². The Labute approximate surface area is 167 Å². The van der Waals surface area contributed by atoms with E-state index in [9.17, 15) is 9.90 Å². The fourth-order valence-electron chi connectivity index (χ4n) is 2.43. The third-order valence-corrected chi connectivity index (χ3v) is 3.55. The van der Waals surface area contributed by atoms with E-state index in [1.54, 1.807) is 18.3 Å². The number of aromatic nitrogens is 2. The second-order valence-electron chi connectivity index (χ2n) is 5.52. The van der Waals surface area contributed by atoms with Gasteiger partial charge < -0.3 is 9.67 Å². The molecule has 5 heteroatoms. The molecule has 1 N–H and O–H groups in total. The van der Waals surface area contributed by atoms with Gasteiger partial charge in [-0.3, -0.25) is 9.78 Å². The van der Waals surface area contributed by atoms with Crippen molar-refractivity contribution in [3.8, 4) is 11.4 Å². The van der Waals surface area contributed by atoms with E-state index in [0.717, 1.165) is 17.0 Å². The summed E-state index contributed by atoms with van der Waals surface area (Å²) < 4.78 is 1.98. The summed E-state index contributed by atoms with van der Waals surface area (Å²) in [4.78, 5) is 15.4. The number of imidazole rings is 1. The fraction of sp³-hybridized carbons (Fsp3) is 0.143. The molecule has 0 aliphatic rings. The Morgan fingerprint density at radius 1 is 1.08 bits per heavy atom. The third-order valence-electron chi connectivity index (χ3n) is 3.55. The number of aliphatic hydroxyl groups excluding tert-OH is 1. The summed E-state index contributed by atoms with van der Waals surface area (Å²) in [7, 11) is 1.98. The number of Topliss-reactive ketones (excluding diaryl/α,β-unsaturated/α-hetero) is 1. The van der Waals surface area contributed by atoms with Crippen LogP contribution in [0.15, 0.2) is 72.8 Å². The molecule has 0 atom stereocenters. The predicted octanol–water partition coefficient (Wildman–Crippen LogP) is 4.45. The van der Waals surface area contributed by atoms with Crippen LogP contribution in [0, 0.1) is 6.07 Å². The van der Waals surface area contributed by atoms with Crippen molar-refractivity contribution in [1.29, 1.82) is 0 Å². The summed E-state index contributed by atoms with van der Waals surface area (Å²) in [5, 5.41) is 9.29. The van der Waals surface area contributed by atoms with Crippen molar-refractivity contribution in [3.63, 3.8) is 0 Å². The molecule has 1 radical (unpaired) electrons. The fourth-order valence-corrected chi connectivity index (χ4v) is 2.43. The summed E-state index contributed by atoms with van der Waals surface area (Å²) in [5.74, 6) is 0.903. The topological polar surface area (TPSA) is 55.1 Å². The number of allylic oxidation sites excluding steroid dienone is 2. The molecule has 0 aliphatic carbocycles. The van der Waals surface area contributed by atoms with E-state index < -0.39 is 0 Å². The van der Waals surface area contributed by atoms with Crippen LogP contribution in [-0.4, -0.2) is 20.4 Å². The molecule has 0 spiro atoms. The van der Waals surface area contributed by atoms with Crippen LogP contribution < -0.4 is 0 Å². The molecule has 3 aromatic rings. The first kappa shape index (κ1) is 21.6. The molecule has 0 fully saturated rings. The van der Waals surface area contributed by atoms with Crippen LogP contribution >= 0.6 is 0 Å². The second kappa shape index (κ2) is 10.5. The normalized spacial score (nSPS) is 10.7. The van der Waals surface area contributed by atoms with Crippen LogP contribution in [-0.2, 0) is 31.9 Å². The maximum absolute atomic E-state index is 11.2. The SMILES string of the molecule is CC(=O)/C(=C(/C)O)c1ccccc1.Cn1ccnc1-c1[c-]cccc1.[Ir]. The zero-order valence-electron chi connectivity index (χ0n) is 14.9. The van der Waals surface area contributed by atoms with Gasteiger partial charge in [0.25, 0.3) is 0 Å². The average Bonchev–Trinajstić information content (AvgIpc) is 3.03. The largest absolute Gasteiger partial charge is 0.512 e. The Balaban J connectivity index is 0.000000251. The zero-order valence-corrected chi connectivity index (χ0v) is 17.3. The Morgan fingerprint density at radius 3 is 2.19 bits per heavy atom. The summed E-state index contributed by atoms with van der Waals surface area (Å²) >= 11 is 0. The van der Waals surface area contributed by atoms with Gasteiger partial charge in [0.2, 0.25) is 0 Å². The van der Waals surface area contributed by atoms with E-state index in [1.807, 2.05) is 60.3 Å². The molecule has 0 aliphatic heterocycles. The Morgan fingerprint density at radius 2 is 1.73 bits per heavy atom. The number of nitrogens with zero attached hydrogens (tertiary/aromatic N) is 2. The third kappa shape index (κ3) is 5.80. The number of carbonyl (C=O) groups is 1. The van der Waals surface area contributed by atoms with Gasteiger partial charge in [0, 0.05) is 39.5 Å². The second-order valence-corrected chi connectivity index (χ2v) is 5.52. The smallest absolute Gasteiger partial charge is 0.163 e. The quantitative estimate of drug-likeness (QED) is 0.312. The van der Waals surface area contributed by atoms with E-state index >= 15 is 0 Å². The van der Waals surface area contributed by atoms with Crippen molar-refractivity contribution in [1.82, 2.24) is 9.55 Å². The van der Waals surface area contributed by atoms with E-state index in [2.05, 4.69) is 11.1 Å². The average molecular weight is 526 g/mol. The molecular weight excluding hydrogens is 504 g/mol. The first-order valence-corrected chi connectivity index (χ1v) is 7.91. The minimum Gasteiger partial charge on any atom is -0.512 e. The summed E-state index contributed by atoms with van der Waals surface area (Å²) in [5.41, 5.74) is 2.18. The van der Waals surface area contributed by atoms with E-state index in [1.165, 1.54) is 13.8 Å². The van der Waals surface area contributed by atoms with Gasteiger partial charge >= 0.3 is 0 Å². The number of carbonyl (C=O) groups excluding carboxylic acids is 1. The maximum Gasteiger partial charge on any atom is 0.163 e. The molecule has 1 aromatic heterocycles. The van der Waals surface area contributed by atoms with E-state index in [0.29, 0.717) is 5.57 Å². The molecule has 137 valence electrons. The number of rotatable bonds is 3. The Hall–Kier alpha value is -2.49. The first-order chi connectivity index (χ1) is 12.0. The van der Waals surface area contributed by atoms with Gasteiger partial charge in [-0.05, 0) is 19.4 Å². The van der Waals surface area contributed by atoms with Gasteiger partial charge in [-0.1, -0.05) is 30.3 Å². The number of aryl methyl sites for hydroxylation is 1. The number of benzene rings is 2. The van der Waals surface area contributed by atoms with Crippen LogP contribution in [0.3, 0.4) is 0 Å². The van der Waals surface area contributed by atoms with E-state index in [4.69, 9.17) is 0 Å². The van der Waals surface area contributed by atoms with Crippen molar-refractivity contribution >= 4 is 11.4 Å². The number of ketones is 1. The first-order valence-electron chi connectivity index (χ1n) is 7.91. The molecule has 0 bridgehead atoms. The molecule has 1 heterocycles. The molecule has 3 rings (SSSR count). The van der Waals surface area contributed by atoms with Gasteiger partial charge in [-0.15, -0.1) is 35.9 Å². The van der Waals surface area contributed by atoms with Crippen LogP contribution in [0.2, 0.25) is 0 Å². The number of aliphatic hydroxyl groups is 1. The van der Waals surface area contributed by atoms with Gasteiger partial charge in [-0.25, -0.2) is 0 Å². The van der Waals surface area contributed by atoms with Crippen molar-refractivity contribution in [2.75, 3.05) is 0 Å². The molecule has 0 unspecified atom stereocenters. The Kier molecular flexibility index (Phi) is 8.69. The predicted molar refractivity (Wildman–Crippen MR) is 99.8 cm³/mol. The molecule has 2 aromatic carbocycles. The number of hydrogen-bond acceptors (Lipinski definition) is 3. The Bertz CT molecular complexity index is 852. The molecule has 4 nitrogen and oxygen atoms in total. The monoisotopic (exact) mass is 526 g/mol. The van der Waals surface area contributed by atoms with Crippen molar-refractivity contribution in [2.45, 2.75) is 13.8 Å². The number of hydrogen-bond donors (Lipinski definition) is 1. The van der Waals surface area contributed by atoms with Crippen LogP contribution in [0.4, 0.5) is 0 Å².